The van der Waals surface area contributed by atoms with Crippen molar-refractivity contribution in [2.24, 2.45) is 0 Å². The molecule has 1 N–H and O–H groups in total. The van der Waals surface area contributed by atoms with Crippen molar-refractivity contribution >= 4 is 34.8 Å². The summed E-state index contributed by atoms with van der Waals surface area (Å²) in [5, 5.41) is 4.16. The first-order chi connectivity index (χ1) is 15.1. The van der Waals surface area contributed by atoms with Crippen LogP contribution < -0.4 is 19.5 Å². The maximum Gasteiger partial charge on any atom is 0.162 e. The quantitative estimate of drug-likeness (QED) is 0.377. The van der Waals surface area contributed by atoms with E-state index in [-0.39, 0.29) is 24.8 Å². The molecule has 0 aliphatic heterocycles. The van der Waals surface area contributed by atoms with E-state index in [4.69, 9.17) is 14.2 Å². The molecule has 0 unspecified atom stereocenters. The Morgan fingerprint density at radius 1 is 0.938 bits per heavy atom. The first kappa shape index (κ1) is 23.1. The fourth-order valence-corrected chi connectivity index (χ4v) is 3.25. The molecule has 4 aromatic rings. The predicted molar refractivity (Wildman–Crippen MR) is 125 cm³/mol. The zero-order valence-electron chi connectivity index (χ0n) is 17.9. The smallest absolute Gasteiger partial charge is 0.162 e. The van der Waals surface area contributed by atoms with Crippen LogP contribution in [0.25, 0.3) is 10.9 Å². The third-order valence-electron chi connectivity index (χ3n) is 4.94. The molecular formula is C24H23ClFN3O3. The normalized spacial score (nSPS) is 10.4. The van der Waals surface area contributed by atoms with Crippen molar-refractivity contribution in [1.29, 1.82) is 0 Å². The van der Waals surface area contributed by atoms with Crippen molar-refractivity contribution in [2.75, 3.05) is 19.5 Å². The molecule has 4 rings (SSSR count). The molecule has 0 atom stereocenters. The van der Waals surface area contributed by atoms with Crippen molar-refractivity contribution in [2.45, 2.75) is 13.5 Å². The summed E-state index contributed by atoms with van der Waals surface area (Å²) < 4.78 is 30.3. The summed E-state index contributed by atoms with van der Waals surface area (Å²) in [7, 11) is 3.17. The van der Waals surface area contributed by atoms with Crippen molar-refractivity contribution in [3.63, 3.8) is 0 Å². The lowest BCUT2D eigenvalue weighted by Gasteiger charge is -2.14. The van der Waals surface area contributed by atoms with E-state index >= 15 is 0 Å². The molecule has 0 bridgehead atoms. The maximum atomic E-state index is 13.8. The first-order valence-electron chi connectivity index (χ1n) is 9.69. The summed E-state index contributed by atoms with van der Waals surface area (Å²) in [5.41, 5.74) is 3.07. The number of aryl methyl sites for hydroxylation is 1. The summed E-state index contributed by atoms with van der Waals surface area (Å²) >= 11 is 0. The SMILES string of the molecule is COc1cc2ncnc(Nc3ccc(OCc4ccccc4F)cc3C)c2cc1OC.Cl. The van der Waals surface area contributed by atoms with Gasteiger partial charge in [0.2, 0.25) is 0 Å². The molecule has 0 aliphatic rings. The van der Waals surface area contributed by atoms with E-state index in [1.807, 2.05) is 37.3 Å². The average Bonchev–Trinajstić information content (AvgIpc) is 2.79. The summed E-state index contributed by atoms with van der Waals surface area (Å²) in [6, 6.07) is 15.9. The number of nitrogens with one attached hydrogen (secondary N) is 1. The summed E-state index contributed by atoms with van der Waals surface area (Å²) in [6.07, 6.45) is 1.50. The lowest BCUT2D eigenvalue weighted by atomic mass is 10.1. The maximum absolute atomic E-state index is 13.8. The second-order valence-electron chi connectivity index (χ2n) is 6.93. The molecule has 0 saturated heterocycles. The van der Waals surface area contributed by atoms with Gasteiger partial charge in [0.15, 0.2) is 11.5 Å². The highest BCUT2D eigenvalue weighted by molar-refractivity contribution is 5.93. The van der Waals surface area contributed by atoms with Crippen LogP contribution in [0.4, 0.5) is 15.9 Å². The van der Waals surface area contributed by atoms with Crippen molar-refractivity contribution < 1.29 is 18.6 Å². The Bertz CT molecular complexity index is 1240. The summed E-state index contributed by atoms with van der Waals surface area (Å²) in [6.45, 7) is 2.13. The minimum absolute atomic E-state index is 0. The molecule has 1 aromatic heterocycles. The van der Waals surface area contributed by atoms with Crippen LogP contribution in [-0.2, 0) is 6.61 Å². The van der Waals surface area contributed by atoms with Crippen LogP contribution in [0.5, 0.6) is 17.2 Å². The molecular weight excluding hydrogens is 433 g/mol. The van der Waals surface area contributed by atoms with Crippen LogP contribution in [0.15, 0.2) is 60.9 Å². The van der Waals surface area contributed by atoms with Crippen LogP contribution in [0.2, 0.25) is 0 Å². The molecule has 0 fully saturated rings. The van der Waals surface area contributed by atoms with Gasteiger partial charge in [-0.05, 0) is 42.8 Å². The molecule has 0 amide bonds. The minimum Gasteiger partial charge on any atom is -0.493 e. The summed E-state index contributed by atoms with van der Waals surface area (Å²) in [4.78, 5) is 8.72. The fourth-order valence-electron chi connectivity index (χ4n) is 3.25. The van der Waals surface area contributed by atoms with E-state index in [9.17, 15) is 4.39 Å². The number of hydrogen-bond donors (Lipinski definition) is 1. The molecule has 0 radical (unpaired) electrons. The van der Waals surface area contributed by atoms with Gasteiger partial charge >= 0.3 is 0 Å². The van der Waals surface area contributed by atoms with Gasteiger partial charge in [0.1, 0.15) is 30.3 Å². The van der Waals surface area contributed by atoms with E-state index < -0.39 is 0 Å². The largest absolute Gasteiger partial charge is 0.493 e. The van der Waals surface area contributed by atoms with Gasteiger partial charge in [-0.15, -0.1) is 12.4 Å². The molecule has 0 aliphatic carbocycles. The third kappa shape index (κ3) is 4.84. The van der Waals surface area contributed by atoms with E-state index in [2.05, 4.69) is 15.3 Å². The number of methoxy groups -OCH3 is 2. The molecule has 0 saturated carbocycles. The van der Waals surface area contributed by atoms with Crippen molar-refractivity contribution in [3.8, 4) is 17.2 Å². The summed E-state index contributed by atoms with van der Waals surface area (Å²) in [5.74, 6) is 2.23. The second-order valence-corrected chi connectivity index (χ2v) is 6.93. The number of hydrogen-bond acceptors (Lipinski definition) is 6. The number of anilines is 2. The number of ether oxygens (including phenoxy) is 3. The van der Waals surface area contributed by atoms with E-state index in [1.54, 1.807) is 32.4 Å². The Kier molecular flexibility index (Phi) is 7.33. The van der Waals surface area contributed by atoms with Crippen molar-refractivity contribution in [3.05, 3.63) is 77.9 Å². The van der Waals surface area contributed by atoms with E-state index in [0.717, 1.165) is 22.2 Å². The average molecular weight is 456 g/mol. The molecule has 6 nitrogen and oxygen atoms in total. The zero-order chi connectivity index (χ0) is 21.8. The molecule has 32 heavy (non-hydrogen) atoms. The van der Waals surface area contributed by atoms with Crippen LogP contribution in [0.3, 0.4) is 0 Å². The van der Waals surface area contributed by atoms with Gasteiger partial charge in [0, 0.05) is 22.7 Å². The number of fused-ring (bicyclic) bond motifs is 1. The predicted octanol–water partition coefficient (Wildman–Crippen LogP) is 5.84. The number of rotatable bonds is 7. The van der Waals surface area contributed by atoms with Gasteiger partial charge in [-0.1, -0.05) is 18.2 Å². The van der Waals surface area contributed by atoms with E-state index in [1.165, 1.54) is 12.4 Å². The number of aromatic nitrogens is 2. The highest BCUT2D eigenvalue weighted by Crippen LogP contribution is 2.35. The van der Waals surface area contributed by atoms with Gasteiger partial charge in [-0.2, -0.15) is 0 Å². The van der Waals surface area contributed by atoms with Gasteiger partial charge in [0.05, 0.1) is 19.7 Å². The first-order valence-corrected chi connectivity index (χ1v) is 9.69. The van der Waals surface area contributed by atoms with Gasteiger partial charge in [-0.25, -0.2) is 14.4 Å². The topological polar surface area (TPSA) is 65.5 Å². The Labute approximate surface area is 191 Å². The lowest BCUT2D eigenvalue weighted by molar-refractivity contribution is 0.299. The van der Waals surface area contributed by atoms with Crippen LogP contribution >= 0.6 is 12.4 Å². The van der Waals surface area contributed by atoms with Crippen molar-refractivity contribution in [1.82, 2.24) is 9.97 Å². The number of nitrogens with zero attached hydrogens (tertiary/aromatic N) is 2. The molecule has 0 spiro atoms. The Morgan fingerprint density at radius 2 is 1.69 bits per heavy atom. The number of benzene rings is 3. The highest BCUT2D eigenvalue weighted by Gasteiger charge is 2.12. The van der Waals surface area contributed by atoms with E-state index in [0.29, 0.717) is 28.6 Å². The molecule has 3 aromatic carbocycles. The third-order valence-corrected chi connectivity index (χ3v) is 4.94. The second kappa shape index (κ2) is 10.2. The monoisotopic (exact) mass is 455 g/mol. The van der Waals surface area contributed by atoms with Gasteiger partial charge in [-0.3, -0.25) is 0 Å². The lowest BCUT2D eigenvalue weighted by Crippen LogP contribution is -2.01. The Morgan fingerprint density at radius 3 is 2.41 bits per heavy atom. The molecule has 1 heterocycles. The van der Waals surface area contributed by atoms with Crippen LogP contribution in [0, 0.1) is 12.7 Å². The Hall–Kier alpha value is -3.58. The van der Waals surface area contributed by atoms with Crippen LogP contribution in [0.1, 0.15) is 11.1 Å². The minimum atomic E-state index is -0.278. The number of halogens is 2. The van der Waals surface area contributed by atoms with Crippen LogP contribution in [-0.4, -0.2) is 24.2 Å². The Balaban J connectivity index is 0.00000289. The zero-order valence-corrected chi connectivity index (χ0v) is 18.7. The highest BCUT2D eigenvalue weighted by atomic mass is 35.5. The fraction of sp³-hybridized carbons (Fsp3) is 0.167. The van der Waals surface area contributed by atoms with Gasteiger partial charge < -0.3 is 19.5 Å². The van der Waals surface area contributed by atoms with Gasteiger partial charge in [0.25, 0.3) is 0 Å². The standard InChI is InChI=1S/C24H22FN3O3.ClH/c1-15-10-17(31-13-16-6-4-5-7-19(16)25)8-9-20(15)28-24-18-11-22(29-2)23(30-3)12-21(18)26-14-27-24;/h4-12,14H,13H2,1-3H3,(H,26,27,28);1H. The molecule has 166 valence electrons. The molecule has 8 heteroatoms.